The first-order valence-electron chi connectivity index (χ1n) is 8.42. The van der Waals surface area contributed by atoms with Gasteiger partial charge in [0, 0.05) is 11.1 Å². The van der Waals surface area contributed by atoms with Crippen molar-refractivity contribution in [2.24, 2.45) is 0 Å². The van der Waals surface area contributed by atoms with Crippen molar-refractivity contribution in [3.05, 3.63) is 27.2 Å². The topological polar surface area (TPSA) is 9.23 Å². The average Bonchev–Trinajstić information content (AvgIpc) is 2.49. The minimum atomic E-state index is 0.437. The summed E-state index contributed by atoms with van der Waals surface area (Å²) in [4.78, 5) is 0. The molecule has 22 heavy (non-hydrogen) atoms. The highest BCUT2D eigenvalue weighted by molar-refractivity contribution is 6.44. The van der Waals surface area contributed by atoms with Gasteiger partial charge in [0.05, 0.1) is 11.6 Å². The predicted molar refractivity (Wildman–Crippen MR) is 98.8 cm³/mol. The van der Waals surface area contributed by atoms with E-state index < -0.39 is 0 Å². The molecule has 0 aliphatic carbocycles. The van der Waals surface area contributed by atoms with E-state index in [2.05, 4.69) is 6.92 Å². The van der Waals surface area contributed by atoms with Crippen LogP contribution >= 0.6 is 34.8 Å². The van der Waals surface area contributed by atoms with Gasteiger partial charge in [0.25, 0.3) is 0 Å². The lowest BCUT2D eigenvalue weighted by atomic mass is 10.1. The van der Waals surface area contributed by atoms with Gasteiger partial charge in [-0.1, -0.05) is 99.5 Å². The van der Waals surface area contributed by atoms with Crippen LogP contribution in [-0.2, 0) is 0 Å². The average molecular weight is 366 g/mol. The van der Waals surface area contributed by atoms with Gasteiger partial charge >= 0.3 is 0 Å². The second-order valence-corrected chi connectivity index (χ2v) is 6.95. The smallest absolute Gasteiger partial charge is 0.140 e. The molecule has 0 amide bonds. The molecule has 0 aliphatic heterocycles. The fourth-order valence-corrected chi connectivity index (χ4v) is 3.05. The molecule has 1 rings (SSSR count). The third-order valence-corrected chi connectivity index (χ3v) is 4.72. The van der Waals surface area contributed by atoms with Gasteiger partial charge in [-0.15, -0.1) is 0 Å². The zero-order valence-corrected chi connectivity index (χ0v) is 15.7. The SMILES string of the molecule is CCCCCCCCCCCCOc1cc(Cl)cc(Cl)c1Cl. The quantitative estimate of drug-likeness (QED) is 0.270. The van der Waals surface area contributed by atoms with Gasteiger partial charge in [-0.05, 0) is 12.5 Å². The van der Waals surface area contributed by atoms with Crippen molar-refractivity contribution in [2.75, 3.05) is 6.61 Å². The normalized spacial score (nSPS) is 10.9. The van der Waals surface area contributed by atoms with Gasteiger partial charge in [-0.25, -0.2) is 0 Å². The molecule has 0 fully saturated rings. The molecule has 0 radical (unpaired) electrons. The molecule has 0 atom stereocenters. The van der Waals surface area contributed by atoms with Crippen molar-refractivity contribution >= 4 is 34.8 Å². The molecule has 0 bridgehead atoms. The summed E-state index contributed by atoms with van der Waals surface area (Å²) in [6.45, 7) is 2.92. The number of halogens is 3. The van der Waals surface area contributed by atoms with Crippen LogP contribution in [0.5, 0.6) is 5.75 Å². The standard InChI is InChI=1S/C18H27Cl3O/c1-2-3-4-5-6-7-8-9-10-11-12-22-17-14-15(19)13-16(20)18(17)21/h13-14H,2-12H2,1H3. The third kappa shape index (κ3) is 8.50. The van der Waals surface area contributed by atoms with Gasteiger partial charge in [0.15, 0.2) is 0 Å². The first-order chi connectivity index (χ1) is 10.6. The summed E-state index contributed by atoms with van der Waals surface area (Å²) < 4.78 is 5.67. The van der Waals surface area contributed by atoms with Crippen LogP contribution in [0, 0.1) is 0 Å². The maximum atomic E-state index is 6.08. The van der Waals surface area contributed by atoms with Crippen LogP contribution in [0.1, 0.15) is 71.1 Å². The van der Waals surface area contributed by atoms with E-state index in [4.69, 9.17) is 39.5 Å². The zero-order valence-electron chi connectivity index (χ0n) is 13.5. The Morgan fingerprint density at radius 2 is 1.32 bits per heavy atom. The van der Waals surface area contributed by atoms with Crippen LogP contribution in [0.3, 0.4) is 0 Å². The Kier molecular flexibility index (Phi) is 11.2. The predicted octanol–water partition coefficient (Wildman–Crippen LogP) is 7.95. The van der Waals surface area contributed by atoms with Gasteiger partial charge in [0.1, 0.15) is 10.8 Å². The van der Waals surface area contributed by atoms with Crippen LogP contribution in [0.4, 0.5) is 0 Å². The molecule has 0 saturated heterocycles. The summed E-state index contributed by atoms with van der Waals surface area (Å²) >= 11 is 18.0. The van der Waals surface area contributed by atoms with Crippen LogP contribution in [0.15, 0.2) is 12.1 Å². The van der Waals surface area contributed by atoms with Gasteiger partial charge in [-0.2, -0.15) is 0 Å². The van der Waals surface area contributed by atoms with Gasteiger partial charge in [0.2, 0.25) is 0 Å². The number of rotatable bonds is 12. The largest absolute Gasteiger partial charge is 0.492 e. The van der Waals surface area contributed by atoms with Crippen LogP contribution < -0.4 is 4.74 Å². The van der Waals surface area contributed by atoms with E-state index in [-0.39, 0.29) is 0 Å². The van der Waals surface area contributed by atoms with Crippen molar-refractivity contribution < 1.29 is 4.74 Å². The van der Waals surface area contributed by atoms with E-state index in [9.17, 15) is 0 Å². The van der Waals surface area contributed by atoms with Crippen LogP contribution in [0.25, 0.3) is 0 Å². The second-order valence-electron chi connectivity index (χ2n) is 5.73. The fraction of sp³-hybridized carbons (Fsp3) is 0.667. The lowest BCUT2D eigenvalue weighted by molar-refractivity contribution is 0.304. The van der Waals surface area contributed by atoms with Crippen molar-refractivity contribution in [3.8, 4) is 5.75 Å². The molecule has 0 N–H and O–H groups in total. The van der Waals surface area contributed by atoms with Crippen LogP contribution in [-0.4, -0.2) is 6.61 Å². The maximum absolute atomic E-state index is 6.08. The van der Waals surface area contributed by atoms with Crippen LogP contribution in [0.2, 0.25) is 15.1 Å². The first-order valence-corrected chi connectivity index (χ1v) is 9.56. The van der Waals surface area contributed by atoms with E-state index in [1.54, 1.807) is 12.1 Å². The molecule has 1 aromatic rings. The number of ether oxygens (including phenoxy) is 1. The lowest BCUT2D eigenvalue weighted by Crippen LogP contribution is -1.98. The molecule has 4 heteroatoms. The number of hydrogen-bond acceptors (Lipinski definition) is 1. The highest BCUT2D eigenvalue weighted by Gasteiger charge is 2.07. The zero-order chi connectivity index (χ0) is 16.2. The molecule has 1 aromatic carbocycles. The summed E-state index contributed by atoms with van der Waals surface area (Å²) in [5, 5.41) is 1.43. The third-order valence-electron chi connectivity index (χ3n) is 3.72. The molecule has 0 aromatic heterocycles. The first kappa shape index (κ1) is 19.9. The van der Waals surface area contributed by atoms with Gasteiger partial charge < -0.3 is 4.74 Å². The summed E-state index contributed by atoms with van der Waals surface area (Å²) in [5.41, 5.74) is 0. The van der Waals surface area contributed by atoms with E-state index in [0.717, 1.165) is 6.42 Å². The van der Waals surface area contributed by atoms with Crippen molar-refractivity contribution in [1.82, 2.24) is 0 Å². The summed E-state index contributed by atoms with van der Waals surface area (Å²) in [6.07, 6.45) is 13.1. The molecular weight excluding hydrogens is 339 g/mol. The molecule has 0 saturated carbocycles. The lowest BCUT2D eigenvalue weighted by Gasteiger charge is -2.09. The Bertz CT molecular complexity index is 421. The molecular formula is C18H27Cl3O. The second kappa shape index (κ2) is 12.3. The summed E-state index contributed by atoms with van der Waals surface area (Å²) in [7, 11) is 0. The minimum Gasteiger partial charge on any atom is -0.492 e. The van der Waals surface area contributed by atoms with E-state index in [0.29, 0.717) is 27.4 Å². The summed E-state index contributed by atoms with van der Waals surface area (Å²) in [6, 6.07) is 3.34. The Balaban J connectivity index is 2.02. The molecule has 126 valence electrons. The maximum Gasteiger partial charge on any atom is 0.140 e. The fourth-order valence-electron chi connectivity index (χ4n) is 2.41. The molecule has 0 unspecified atom stereocenters. The molecule has 1 nitrogen and oxygen atoms in total. The number of unbranched alkanes of at least 4 members (excludes halogenated alkanes) is 9. The molecule has 0 heterocycles. The van der Waals surface area contributed by atoms with E-state index in [1.807, 2.05) is 0 Å². The minimum absolute atomic E-state index is 0.437. The van der Waals surface area contributed by atoms with Crippen molar-refractivity contribution in [1.29, 1.82) is 0 Å². The highest BCUT2D eigenvalue weighted by Crippen LogP contribution is 2.35. The van der Waals surface area contributed by atoms with Crippen molar-refractivity contribution in [3.63, 3.8) is 0 Å². The monoisotopic (exact) mass is 364 g/mol. The number of hydrogen-bond donors (Lipinski definition) is 0. The Labute approximate surface area is 150 Å². The molecule has 0 spiro atoms. The Morgan fingerprint density at radius 3 is 1.91 bits per heavy atom. The highest BCUT2D eigenvalue weighted by atomic mass is 35.5. The molecule has 0 aliphatic rings. The Morgan fingerprint density at radius 1 is 0.773 bits per heavy atom. The summed E-state index contributed by atoms with van der Waals surface area (Å²) in [5.74, 6) is 0.579. The Hall–Kier alpha value is -0.110. The van der Waals surface area contributed by atoms with E-state index >= 15 is 0 Å². The van der Waals surface area contributed by atoms with Crippen molar-refractivity contribution in [2.45, 2.75) is 71.1 Å². The van der Waals surface area contributed by atoms with E-state index in [1.165, 1.54) is 57.8 Å². The number of benzene rings is 1. The van der Waals surface area contributed by atoms with Gasteiger partial charge in [-0.3, -0.25) is 0 Å².